The van der Waals surface area contributed by atoms with E-state index >= 15 is 0 Å². The number of carbonyl (C=O) groups is 2. The molecule has 150 valence electrons. The average molecular weight is 402 g/mol. The second kappa shape index (κ2) is 8.04. The molecule has 0 aliphatic heterocycles. The van der Waals surface area contributed by atoms with E-state index in [4.69, 9.17) is 5.11 Å². The van der Waals surface area contributed by atoms with Gasteiger partial charge in [-0.15, -0.1) is 0 Å². The van der Waals surface area contributed by atoms with Gasteiger partial charge in [0, 0.05) is 6.54 Å². The first-order chi connectivity index (χ1) is 14.5. The summed E-state index contributed by atoms with van der Waals surface area (Å²) in [5.74, 6) is -1.33. The number of rotatable bonds is 6. The highest BCUT2D eigenvalue weighted by Gasteiger charge is 2.14. The summed E-state index contributed by atoms with van der Waals surface area (Å²) in [6.07, 6.45) is 1.40. The van der Waals surface area contributed by atoms with Gasteiger partial charge in [0.05, 0.1) is 17.5 Å². The van der Waals surface area contributed by atoms with Crippen LogP contribution in [0.2, 0.25) is 0 Å². The Labute approximate surface area is 170 Å². The molecule has 0 saturated heterocycles. The first kappa shape index (κ1) is 19.1. The number of benzene rings is 2. The van der Waals surface area contributed by atoms with Crippen LogP contribution in [0.5, 0.6) is 0 Å². The lowest BCUT2D eigenvalue weighted by molar-refractivity contribution is 0.0696. The minimum Gasteiger partial charge on any atom is -0.478 e. The fraction of sp³-hybridized carbons (Fsp3) is 0.0909. The molecule has 4 rings (SSSR count). The van der Waals surface area contributed by atoms with Gasteiger partial charge < -0.3 is 15.4 Å². The van der Waals surface area contributed by atoms with E-state index in [1.54, 1.807) is 12.1 Å². The van der Waals surface area contributed by atoms with Crippen LogP contribution in [-0.4, -0.2) is 31.5 Å². The van der Waals surface area contributed by atoms with Crippen molar-refractivity contribution in [3.63, 3.8) is 0 Å². The Balaban J connectivity index is 1.53. The quantitative estimate of drug-likeness (QED) is 0.458. The molecule has 30 heavy (non-hydrogen) atoms. The SMILES string of the molecule is O=C(O)c1ccc(Cn2cnc3[nH]c(C(=O)NCc4ccccc4)cc3c2=O)cc1. The van der Waals surface area contributed by atoms with Crippen molar-refractivity contribution in [2.45, 2.75) is 13.1 Å². The average Bonchev–Trinajstić information content (AvgIpc) is 3.20. The largest absolute Gasteiger partial charge is 0.478 e. The number of carboxylic acids is 1. The maximum absolute atomic E-state index is 12.8. The van der Waals surface area contributed by atoms with Crippen molar-refractivity contribution >= 4 is 22.9 Å². The minimum absolute atomic E-state index is 0.177. The van der Waals surface area contributed by atoms with Crippen LogP contribution in [0.3, 0.4) is 0 Å². The zero-order chi connectivity index (χ0) is 21.1. The van der Waals surface area contributed by atoms with Gasteiger partial charge in [-0.2, -0.15) is 0 Å². The van der Waals surface area contributed by atoms with Gasteiger partial charge in [0.15, 0.2) is 0 Å². The molecule has 2 aromatic carbocycles. The molecule has 0 aliphatic rings. The Bertz CT molecular complexity index is 1270. The summed E-state index contributed by atoms with van der Waals surface area (Å²) in [7, 11) is 0. The molecule has 3 N–H and O–H groups in total. The van der Waals surface area contributed by atoms with Crippen molar-refractivity contribution in [2.24, 2.45) is 0 Å². The van der Waals surface area contributed by atoms with Gasteiger partial charge in [-0.1, -0.05) is 42.5 Å². The monoisotopic (exact) mass is 402 g/mol. The summed E-state index contributed by atoms with van der Waals surface area (Å²) in [5, 5.41) is 12.1. The van der Waals surface area contributed by atoms with Crippen LogP contribution in [-0.2, 0) is 13.1 Å². The van der Waals surface area contributed by atoms with Crippen molar-refractivity contribution in [3.05, 3.63) is 99.7 Å². The summed E-state index contributed by atoms with van der Waals surface area (Å²) in [4.78, 5) is 43.3. The molecule has 2 aromatic heterocycles. The van der Waals surface area contributed by atoms with Crippen LogP contribution in [0.15, 0.2) is 71.8 Å². The summed E-state index contributed by atoms with van der Waals surface area (Å²) in [5.41, 5.74) is 2.21. The molecule has 0 spiro atoms. The molecule has 8 heteroatoms. The predicted octanol–water partition coefficient (Wildman–Crippen LogP) is 2.40. The maximum Gasteiger partial charge on any atom is 0.335 e. The molecule has 0 radical (unpaired) electrons. The van der Waals surface area contributed by atoms with E-state index in [0.29, 0.717) is 17.6 Å². The van der Waals surface area contributed by atoms with Gasteiger partial charge in [-0.3, -0.25) is 14.2 Å². The second-order valence-electron chi connectivity index (χ2n) is 6.79. The van der Waals surface area contributed by atoms with E-state index in [-0.39, 0.29) is 29.3 Å². The number of nitrogens with zero attached hydrogens (tertiary/aromatic N) is 2. The Hall–Kier alpha value is -4.20. The molecule has 2 heterocycles. The number of aromatic carboxylic acids is 1. The lowest BCUT2D eigenvalue weighted by Gasteiger charge is -2.05. The van der Waals surface area contributed by atoms with E-state index in [2.05, 4.69) is 15.3 Å². The van der Waals surface area contributed by atoms with E-state index in [1.807, 2.05) is 30.3 Å². The Morgan fingerprint density at radius 2 is 1.77 bits per heavy atom. The van der Waals surface area contributed by atoms with Crippen molar-refractivity contribution < 1.29 is 14.7 Å². The number of fused-ring (bicyclic) bond motifs is 1. The van der Waals surface area contributed by atoms with Crippen molar-refractivity contribution in [2.75, 3.05) is 0 Å². The van der Waals surface area contributed by atoms with Gasteiger partial charge in [-0.05, 0) is 29.3 Å². The predicted molar refractivity (Wildman–Crippen MR) is 110 cm³/mol. The van der Waals surface area contributed by atoms with E-state index in [0.717, 1.165) is 11.1 Å². The molecular formula is C22H18N4O4. The molecule has 8 nitrogen and oxygen atoms in total. The number of aromatic nitrogens is 3. The van der Waals surface area contributed by atoms with Crippen LogP contribution in [0.1, 0.15) is 32.0 Å². The van der Waals surface area contributed by atoms with Gasteiger partial charge in [0.1, 0.15) is 17.7 Å². The molecule has 1 amide bonds. The Morgan fingerprint density at radius 3 is 2.47 bits per heavy atom. The molecule has 0 fully saturated rings. The van der Waals surface area contributed by atoms with Gasteiger partial charge >= 0.3 is 5.97 Å². The third-order valence-corrected chi connectivity index (χ3v) is 4.71. The first-order valence-electron chi connectivity index (χ1n) is 9.24. The standard InChI is InChI=1S/C22H18N4O4/c27-20(23-11-14-4-2-1-3-5-14)18-10-17-19(25-18)24-13-26(21(17)28)12-15-6-8-16(9-7-15)22(29)30/h1-10,13,25H,11-12H2,(H,23,27)(H,29,30). The number of carboxylic acid groups (broad SMARTS) is 1. The molecule has 4 aromatic rings. The normalized spacial score (nSPS) is 10.8. The van der Waals surface area contributed by atoms with Crippen molar-refractivity contribution in [1.82, 2.24) is 19.9 Å². The fourth-order valence-corrected chi connectivity index (χ4v) is 3.10. The van der Waals surface area contributed by atoms with Gasteiger partial charge in [0.25, 0.3) is 11.5 Å². The van der Waals surface area contributed by atoms with E-state index in [9.17, 15) is 14.4 Å². The molecule has 0 unspecified atom stereocenters. The van der Waals surface area contributed by atoms with Crippen LogP contribution < -0.4 is 10.9 Å². The summed E-state index contributed by atoms with van der Waals surface area (Å²) in [6, 6.07) is 17.3. The van der Waals surface area contributed by atoms with Crippen LogP contribution in [0.4, 0.5) is 0 Å². The third kappa shape index (κ3) is 3.97. The van der Waals surface area contributed by atoms with Crippen LogP contribution >= 0.6 is 0 Å². The molecular weight excluding hydrogens is 384 g/mol. The first-order valence-corrected chi connectivity index (χ1v) is 9.24. The third-order valence-electron chi connectivity index (χ3n) is 4.71. The van der Waals surface area contributed by atoms with E-state index < -0.39 is 5.97 Å². The van der Waals surface area contributed by atoms with Gasteiger partial charge in [0.2, 0.25) is 0 Å². The molecule has 0 bridgehead atoms. The zero-order valence-corrected chi connectivity index (χ0v) is 15.8. The van der Waals surface area contributed by atoms with Crippen LogP contribution in [0.25, 0.3) is 11.0 Å². The number of nitrogens with one attached hydrogen (secondary N) is 2. The maximum atomic E-state index is 12.8. The molecule has 0 saturated carbocycles. The van der Waals surface area contributed by atoms with Crippen molar-refractivity contribution in [1.29, 1.82) is 0 Å². The van der Waals surface area contributed by atoms with E-state index in [1.165, 1.54) is 29.1 Å². The number of aromatic amines is 1. The highest BCUT2D eigenvalue weighted by Crippen LogP contribution is 2.11. The lowest BCUT2D eigenvalue weighted by Crippen LogP contribution is -2.23. The number of carbonyl (C=O) groups excluding carboxylic acids is 1. The smallest absolute Gasteiger partial charge is 0.335 e. The summed E-state index contributed by atoms with van der Waals surface area (Å²) in [6.45, 7) is 0.613. The van der Waals surface area contributed by atoms with Crippen LogP contribution in [0, 0.1) is 0 Å². The summed E-state index contributed by atoms with van der Waals surface area (Å²) >= 11 is 0. The highest BCUT2D eigenvalue weighted by molar-refractivity contribution is 5.97. The second-order valence-corrected chi connectivity index (χ2v) is 6.79. The number of hydrogen-bond donors (Lipinski definition) is 3. The topological polar surface area (TPSA) is 117 Å². The number of amides is 1. The van der Waals surface area contributed by atoms with Gasteiger partial charge in [-0.25, -0.2) is 9.78 Å². The zero-order valence-electron chi connectivity index (χ0n) is 15.8. The number of hydrogen-bond acceptors (Lipinski definition) is 4. The lowest BCUT2D eigenvalue weighted by atomic mass is 10.1. The highest BCUT2D eigenvalue weighted by atomic mass is 16.4. The molecule has 0 aliphatic carbocycles. The number of H-pyrrole nitrogens is 1. The van der Waals surface area contributed by atoms with Crippen molar-refractivity contribution in [3.8, 4) is 0 Å². The molecule has 0 atom stereocenters. The fourth-order valence-electron chi connectivity index (χ4n) is 3.10. The minimum atomic E-state index is -1.01. The Kier molecular flexibility index (Phi) is 5.13. The Morgan fingerprint density at radius 1 is 1.03 bits per heavy atom. The summed E-state index contributed by atoms with van der Waals surface area (Å²) < 4.78 is 1.41.